The van der Waals surface area contributed by atoms with Gasteiger partial charge in [0.05, 0.1) is 13.7 Å². The van der Waals surface area contributed by atoms with Gasteiger partial charge in [-0.05, 0) is 29.8 Å². The van der Waals surface area contributed by atoms with Crippen LogP contribution in [-0.4, -0.2) is 27.3 Å². The lowest BCUT2D eigenvalue weighted by atomic mass is 10.1. The average molecular weight is 348 g/mol. The van der Waals surface area contributed by atoms with Gasteiger partial charge in [-0.3, -0.25) is 0 Å². The fourth-order valence-electron chi connectivity index (χ4n) is 2.75. The molecule has 4 rings (SSSR count). The molecule has 2 aromatic carbocycles. The van der Waals surface area contributed by atoms with E-state index in [9.17, 15) is 4.79 Å². The number of benzene rings is 2. The molecule has 0 saturated heterocycles. The lowest BCUT2D eigenvalue weighted by Gasteiger charge is -2.06. The summed E-state index contributed by atoms with van der Waals surface area (Å²) in [5, 5.41) is 13.4. The number of fused-ring (bicyclic) bond motifs is 1. The molecule has 0 atom stereocenters. The van der Waals surface area contributed by atoms with E-state index in [0.717, 1.165) is 16.5 Å². The summed E-state index contributed by atoms with van der Waals surface area (Å²) in [5.74, 6) is 1.16. The molecule has 0 aliphatic heterocycles. The van der Waals surface area contributed by atoms with Crippen molar-refractivity contribution in [3.8, 4) is 17.1 Å². The van der Waals surface area contributed by atoms with Gasteiger partial charge in [-0.15, -0.1) is 10.2 Å². The van der Waals surface area contributed by atoms with Crippen molar-refractivity contribution in [2.75, 3.05) is 7.11 Å². The van der Waals surface area contributed by atoms with Crippen LogP contribution in [0, 0.1) is 6.92 Å². The van der Waals surface area contributed by atoms with E-state index in [2.05, 4.69) is 15.4 Å². The Morgan fingerprint density at radius 1 is 1.12 bits per heavy atom. The number of hydrogen-bond acceptors (Lipinski definition) is 6. The summed E-state index contributed by atoms with van der Waals surface area (Å²) < 4.78 is 10.4. The van der Waals surface area contributed by atoms with Crippen LogP contribution < -0.4 is 10.4 Å². The zero-order valence-electron chi connectivity index (χ0n) is 14.3. The fraction of sp³-hybridized carbons (Fsp3) is 0.158. The average Bonchev–Trinajstić information content (AvgIpc) is 3.10. The molecule has 0 bridgehead atoms. The largest absolute Gasteiger partial charge is 0.497 e. The third kappa shape index (κ3) is 3.06. The first-order chi connectivity index (χ1) is 12.6. The van der Waals surface area contributed by atoms with E-state index in [0.29, 0.717) is 23.7 Å². The molecule has 0 spiro atoms. The summed E-state index contributed by atoms with van der Waals surface area (Å²) >= 11 is 0. The maximum absolute atomic E-state index is 11.9. The summed E-state index contributed by atoms with van der Waals surface area (Å²) in [6, 6.07) is 14.7. The van der Waals surface area contributed by atoms with Crippen molar-refractivity contribution < 1.29 is 9.15 Å². The number of rotatable bonds is 4. The first-order valence-corrected chi connectivity index (χ1v) is 8.08. The maximum Gasteiger partial charge on any atom is 0.336 e. The molecule has 0 aliphatic carbocycles. The third-order valence-electron chi connectivity index (χ3n) is 4.11. The van der Waals surface area contributed by atoms with Crippen LogP contribution in [0.1, 0.15) is 11.1 Å². The number of methoxy groups -OCH3 is 1. The molecular formula is C19H16N4O3. The van der Waals surface area contributed by atoms with Gasteiger partial charge in [0.25, 0.3) is 0 Å². The van der Waals surface area contributed by atoms with Crippen molar-refractivity contribution in [3.05, 3.63) is 70.1 Å². The predicted octanol–water partition coefficient (Wildman–Crippen LogP) is 2.81. The zero-order chi connectivity index (χ0) is 18.1. The Morgan fingerprint density at radius 2 is 1.92 bits per heavy atom. The third-order valence-corrected chi connectivity index (χ3v) is 4.11. The van der Waals surface area contributed by atoms with Gasteiger partial charge in [0.15, 0.2) is 0 Å². The van der Waals surface area contributed by atoms with E-state index in [1.54, 1.807) is 13.2 Å². The Morgan fingerprint density at radius 3 is 2.69 bits per heavy atom. The van der Waals surface area contributed by atoms with Crippen molar-refractivity contribution in [2.45, 2.75) is 13.5 Å². The molecule has 7 nitrogen and oxygen atoms in total. The minimum atomic E-state index is -0.431. The minimum Gasteiger partial charge on any atom is -0.497 e. The molecule has 2 aromatic heterocycles. The number of ether oxygens (including phenoxy) is 1. The summed E-state index contributed by atoms with van der Waals surface area (Å²) in [4.78, 5) is 13.3. The van der Waals surface area contributed by atoms with E-state index in [4.69, 9.17) is 9.15 Å². The second-order valence-corrected chi connectivity index (χ2v) is 5.96. The Balaban J connectivity index is 1.69. The molecule has 0 amide bonds. The molecular weight excluding hydrogens is 332 g/mol. The SMILES string of the molecule is COc1ccc2c(Cn3nnc(-c4ccc(C)cc4)n3)cc(=O)oc2c1. The molecule has 0 unspecified atom stereocenters. The van der Waals surface area contributed by atoms with Crippen molar-refractivity contribution in [2.24, 2.45) is 0 Å². The van der Waals surface area contributed by atoms with Crippen LogP contribution in [-0.2, 0) is 6.54 Å². The summed E-state index contributed by atoms with van der Waals surface area (Å²) in [6.07, 6.45) is 0. The lowest BCUT2D eigenvalue weighted by molar-refractivity contribution is 0.414. The molecule has 0 N–H and O–H groups in total. The molecule has 0 saturated carbocycles. The van der Waals surface area contributed by atoms with Crippen LogP contribution >= 0.6 is 0 Å². The molecule has 26 heavy (non-hydrogen) atoms. The number of aromatic nitrogens is 4. The summed E-state index contributed by atoms with van der Waals surface area (Å²) in [7, 11) is 1.56. The van der Waals surface area contributed by atoms with E-state index in [-0.39, 0.29) is 0 Å². The van der Waals surface area contributed by atoms with Crippen LogP contribution in [0.5, 0.6) is 5.75 Å². The maximum atomic E-state index is 11.9. The van der Waals surface area contributed by atoms with Crippen LogP contribution in [0.25, 0.3) is 22.4 Å². The standard InChI is InChI=1S/C19H16N4O3/c1-12-3-5-13(6-4-12)19-20-22-23(21-19)11-14-9-18(24)26-17-10-15(25-2)7-8-16(14)17/h3-10H,11H2,1-2H3. The highest BCUT2D eigenvalue weighted by atomic mass is 16.5. The molecule has 130 valence electrons. The first-order valence-electron chi connectivity index (χ1n) is 8.08. The molecule has 4 aromatic rings. The number of tetrazole rings is 1. The highest BCUT2D eigenvalue weighted by molar-refractivity contribution is 5.81. The van der Waals surface area contributed by atoms with E-state index >= 15 is 0 Å². The quantitative estimate of drug-likeness (QED) is 0.527. The van der Waals surface area contributed by atoms with Gasteiger partial charge in [-0.1, -0.05) is 29.8 Å². The lowest BCUT2D eigenvalue weighted by Crippen LogP contribution is -2.08. The molecule has 0 radical (unpaired) electrons. The van der Waals surface area contributed by atoms with Crippen LogP contribution in [0.3, 0.4) is 0 Å². The predicted molar refractivity (Wildman–Crippen MR) is 96.1 cm³/mol. The first kappa shape index (κ1) is 16.0. The van der Waals surface area contributed by atoms with Gasteiger partial charge in [0.2, 0.25) is 5.82 Å². The van der Waals surface area contributed by atoms with Gasteiger partial charge < -0.3 is 9.15 Å². The second kappa shape index (κ2) is 6.44. The topological polar surface area (TPSA) is 83.0 Å². The normalized spacial score (nSPS) is 11.0. The number of nitrogens with zero attached hydrogens (tertiary/aromatic N) is 4. The molecule has 0 fully saturated rings. The van der Waals surface area contributed by atoms with E-state index in [1.807, 2.05) is 43.3 Å². The summed E-state index contributed by atoms with van der Waals surface area (Å²) in [5.41, 5.74) is 2.85. The Kier molecular flexibility index (Phi) is 3.96. The van der Waals surface area contributed by atoms with Crippen LogP contribution in [0.2, 0.25) is 0 Å². The molecule has 7 heteroatoms. The second-order valence-electron chi connectivity index (χ2n) is 5.96. The van der Waals surface area contributed by atoms with Crippen LogP contribution in [0.4, 0.5) is 0 Å². The van der Waals surface area contributed by atoms with Gasteiger partial charge in [-0.2, -0.15) is 4.80 Å². The minimum absolute atomic E-state index is 0.313. The van der Waals surface area contributed by atoms with E-state index < -0.39 is 5.63 Å². The fourth-order valence-corrected chi connectivity index (χ4v) is 2.75. The Labute approximate surface area is 148 Å². The van der Waals surface area contributed by atoms with Crippen molar-refractivity contribution in [1.29, 1.82) is 0 Å². The van der Waals surface area contributed by atoms with Crippen molar-refractivity contribution in [1.82, 2.24) is 20.2 Å². The smallest absolute Gasteiger partial charge is 0.336 e. The van der Waals surface area contributed by atoms with Gasteiger partial charge in [0.1, 0.15) is 11.3 Å². The van der Waals surface area contributed by atoms with Gasteiger partial charge >= 0.3 is 5.63 Å². The highest BCUT2D eigenvalue weighted by Gasteiger charge is 2.11. The van der Waals surface area contributed by atoms with Crippen molar-refractivity contribution >= 4 is 11.0 Å². The number of hydrogen-bond donors (Lipinski definition) is 0. The van der Waals surface area contributed by atoms with Gasteiger partial charge in [-0.25, -0.2) is 4.79 Å². The molecule has 0 aliphatic rings. The molecule has 2 heterocycles. The Bertz CT molecular complexity index is 1130. The van der Waals surface area contributed by atoms with Crippen molar-refractivity contribution in [3.63, 3.8) is 0 Å². The van der Waals surface area contributed by atoms with Crippen LogP contribution in [0.15, 0.2) is 57.7 Å². The monoisotopic (exact) mass is 348 g/mol. The highest BCUT2D eigenvalue weighted by Crippen LogP contribution is 2.23. The van der Waals surface area contributed by atoms with Gasteiger partial charge in [0, 0.05) is 23.1 Å². The van der Waals surface area contributed by atoms with E-state index in [1.165, 1.54) is 16.4 Å². The zero-order valence-corrected chi connectivity index (χ0v) is 14.3. The summed E-state index contributed by atoms with van der Waals surface area (Å²) in [6.45, 7) is 2.34. The number of aryl methyl sites for hydroxylation is 1. The Hall–Kier alpha value is -3.48.